The first-order chi connectivity index (χ1) is 14.9. The molecular formula is C22H22FN7S. The molecular weight excluding hydrogens is 413 g/mol. The minimum absolute atomic E-state index is 0.207. The van der Waals surface area contributed by atoms with E-state index in [9.17, 15) is 9.65 Å². The molecule has 4 rings (SSSR count). The molecule has 0 saturated carbocycles. The fourth-order valence-electron chi connectivity index (χ4n) is 3.70. The molecule has 0 unspecified atom stereocenters. The van der Waals surface area contributed by atoms with Gasteiger partial charge in [0.2, 0.25) is 0 Å². The minimum atomic E-state index is -0.407. The van der Waals surface area contributed by atoms with Gasteiger partial charge in [-0.2, -0.15) is 15.5 Å². The Kier molecular flexibility index (Phi) is 5.76. The van der Waals surface area contributed by atoms with Gasteiger partial charge in [-0.1, -0.05) is 11.8 Å². The summed E-state index contributed by atoms with van der Waals surface area (Å²) in [6.07, 6.45) is 6.79. The van der Waals surface area contributed by atoms with Gasteiger partial charge in [-0.15, -0.1) is 0 Å². The second kappa shape index (κ2) is 8.49. The SMILES string of the molecule is Cc1c(-c2cc(Sc3ncccc3F)c3c(C#N)cnn3c2)cnn1[C@@H](C)CN(C)C. The highest BCUT2D eigenvalue weighted by molar-refractivity contribution is 7.99. The van der Waals surface area contributed by atoms with Gasteiger partial charge < -0.3 is 4.90 Å². The summed E-state index contributed by atoms with van der Waals surface area (Å²) in [5.41, 5.74) is 3.94. The number of hydrogen-bond donors (Lipinski definition) is 0. The maximum Gasteiger partial charge on any atom is 0.155 e. The van der Waals surface area contributed by atoms with Crippen LogP contribution in [0.25, 0.3) is 16.6 Å². The van der Waals surface area contributed by atoms with Crippen molar-refractivity contribution in [2.24, 2.45) is 0 Å². The van der Waals surface area contributed by atoms with E-state index < -0.39 is 5.82 Å². The summed E-state index contributed by atoms with van der Waals surface area (Å²) in [6.45, 7) is 5.03. The van der Waals surface area contributed by atoms with Crippen LogP contribution >= 0.6 is 11.8 Å². The van der Waals surface area contributed by atoms with Crippen molar-refractivity contribution in [3.8, 4) is 17.2 Å². The molecule has 4 aromatic heterocycles. The summed E-state index contributed by atoms with van der Waals surface area (Å²) < 4.78 is 18.0. The highest BCUT2D eigenvalue weighted by Crippen LogP contribution is 2.36. The third kappa shape index (κ3) is 4.04. The van der Waals surface area contributed by atoms with Gasteiger partial charge in [-0.05, 0) is 46.1 Å². The molecule has 0 bridgehead atoms. The Morgan fingerprint density at radius 3 is 2.81 bits per heavy atom. The predicted molar refractivity (Wildman–Crippen MR) is 117 cm³/mol. The Morgan fingerprint density at radius 1 is 1.29 bits per heavy atom. The van der Waals surface area contributed by atoms with Crippen molar-refractivity contribution in [2.45, 2.75) is 29.8 Å². The molecule has 0 aromatic carbocycles. The van der Waals surface area contributed by atoms with Gasteiger partial charge in [-0.3, -0.25) is 4.68 Å². The Hall–Kier alpha value is -3.22. The van der Waals surface area contributed by atoms with E-state index in [2.05, 4.69) is 33.1 Å². The van der Waals surface area contributed by atoms with Crippen molar-refractivity contribution >= 4 is 17.3 Å². The lowest BCUT2D eigenvalue weighted by Gasteiger charge is -2.19. The Labute approximate surface area is 184 Å². The first-order valence-corrected chi connectivity index (χ1v) is 10.6. The average molecular weight is 436 g/mol. The molecule has 0 aliphatic carbocycles. The zero-order chi connectivity index (χ0) is 22.1. The van der Waals surface area contributed by atoms with Crippen LogP contribution in [0.3, 0.4) is 0 Å². The molecule has 158 valence electrons. The zero-order valence-electron chi connectivity index (χ0n) is 17.7. The van der Waals surface area contributed by atoms with Crippen LogP contribution in [0.2, 0.25) is 0 Å². The van der Waals surface area contributed by atoms with E-state index in [1.807, 2.05) is 44.2 Å². The van der Waals surface area contributed by atoms with E-state index in [4.69, 9.17) is 0 Å². The monoisotopic (exact) mass is 435 g/mol. The summed E-state index contributed by atoms with van der Waals surface area (Å²) in [6, 6.07) is 7.25. The van der Waals surface area contributed by atoms with E-state index in [0.29, 0.717) is 16.0 Å². The molecule has 9 heteroatoms. The average Bonchev–Trinajstić information content (AvgIpc) is 3.32. The quantitative estimate of drug-likeness (QED) is 0.452. The fraction of sp³-hybridized carbons (Fsp3) is 0.273. The first kappa shape index (κ1) is 21.0. The fourth-order valence-corrected chi connectivity index (χ4v) is 4.67. The maximum absolute atomic E-state index is 14.3. The van der Waals surface area contributed by atoms with Crippen LogP contribution in [0, 0.1) is 24.1 Å². The molecule has 0 spiro atoms. The largest absolute Gasteiger partial charge is 0.307 e. The zero-order valence-corrected chi connectivity index (χ0v) is 18.6. The number of likely N-dealkylation sites (N-methyl/N-ethyl adjacent to an activating group) is 1. The van der Waals surface area contributed by atoms with Gasteiger partial charge in [0.25, 0.3) is 0 Å². The van der Waals surface area contributed by atoms with Crippen molar-refractivity contribution in [3.05, 3.63) is 60.1 Å². The lowest BCUT2D eigenvalue weighted by Crippen LogP contribution is -2.23. The normalized spacial score (nSPS) is 12.4. The highest BCUT2D eigenvalue weighted by Gasteiger charge is 2.19. The predicted octanol–water partition coefficient (Wildman–Crippen LogP) is 4.19. The van der Waals surface area contributed by atoms with Crippen molar-refractivity contribution < 1.29 is 4.39 Å². The van der Waals surface area contributed by atoms with Gasteiger partial charge >= 0.3 is 0 Å². The molecule has 0 aliphatic heterocycles. The number of nitrogens with zero attached hydrogens (tertiary/aromatic N) is 7. The molecule has 0 radical (unpaired) electrons. The van der Waals surface area contributed by atoms with Crippen LogP contribution in [0.4, 0.5) is 4.39 Å². The Morgan fingerprint density at radius 2 is 2.10 bits per heavy atom. The summed E-state index contributed by atoms with van der Waals surface area (Å²) >= 11 is 1.18. The number of pyridine rings is 2. The molecule has 1 atom stereocenters. The number of halogens is 1. The van der Waals surface area contributed by atoms with E-state index >= 15 is 0 Å². The number of fused-ring (bicyclic) bond motifs is 1. The standard InChI is InChI=1S/C22H22FN7S/c1-14(12-28(3)4)30-15(2)18(11-27-30)16-8-20(31-22-19(23)6-5-7-25-22)21-17(9-24)10-26-29(21)13-16/h5-8,10-11,13-14H,12H2,1-4H3/t14-/m0/s1. The molecule has 31 heavy (non-hydrogen) atoms. The lowest BCUT2D eigenvalue weighted by atomic mass is 10.1. The summed E-state index contributed by atoms with van der Waals surface area (Å²) in [5, 5.41) is 18.7. The number of nitriles is 1. The summed E-state index contributed by atoms with van der Waals surface area (Å²) in [5.74, 6) is -0.407. The Balaban J connectivity index is 1.83. The topological polar surface area (TPSA) is 75.0 Å². The molecule has 0 amide bonds. The number of hydrogen-bond acceptors (Lipinski definition) is 6. The molecule has 4 aromatic rings. The van der Waals surface area contributed by atoms with E-state index in [-0.39, 0.29) is 11.1 Å². The molecule has 4 heterocycles. The van der Waals surface area contributed by atoms with Crippen LogP contribution in [-0.2, 0) is 0 Å². The molecule has 0 N–H and O–H groups in total. The first-order valence-electron chi connectivity index (χ1n) is 9.78. The van der Waals surface area contributed by atoms with Crippen molar-refractivity contribution in [1.29, 1.82) is 5.26 Å². The van der Waals surface area contributed by atoms with E-state index in [1.54, 1.807) is 16.8 Å². The maximum atomic E-state index is 14.3. The molecule has 0 fully saturated rings. The number of rotatable bonds is 6. The van der Waals surface area contributed by atoms with Gasteiger partial charge in [0.05, 0.1) is 29.5 Å². The van der Waals surface area contributed by atoms with Crippen LogP contribution in [-0.4, -0.2) is 49.9 Å². The van der Waals surface area contributed by atoms with Gasteiger partial charge in [0, 0.05) is 40.7 Å². The second-order valence-corrected chi connectivity index (χ2v) is 8.68. The molecule has 0 aliphatic rings. The number of aromatic nitrogens is 5. The summed E-state index contributed by atoms with van der Waals surface area (Å²) in [4.78, 5) is 6.98. The minimum Gasteiger partial charge on any atom is -0.307 e. The molecule has 0 saturated heterocycles. The highest BCUT2D eigenvalue weighted by atomic mass is 32.2. The van der Waals surface area contributed by atoms with Crippen LogP contribution in [0.5, 0.6) is 0 Å². The van der Waals surface area contributed by atoms with Crippen molar-refractivity contribution in [2.75, 3.05) is 20.6 Å². The van der Waals surface area contributed by atoms with Gasteiger partial charge in [-0.25, -0.2) is 13.9 Å². The van der Waals surface area contributed by atoms with E-state index in [0.717, 1.165) is 23.4 Å². The lowest BCUT2D eigenvalue weighted by molar-refractivity contribution is 0.319. The smallest absolute Gasteiger partial charge is 0.155 e. The van der Waals surface area contributed by atoms with Gasteiger partial charge in [0.1, 0.15) is 11.1 Å². The van der Waals surface area contributed by atoms with Gasteiger partial charge in [0.15, 0.2) is 5.82 Å². The van der Waals surface area contributed by atoms with Crippen molar-refractivity contribution in [1.82, 2.24) is 29.3 Å². The van der Waals surface area contributed by atoms with E-state index in [1.165, 1.54) is 24.0 Å². The van der Waals surface area contributed by atoms with Crippen molar-refractivity contribution in [3.63, 3.8) is 0 Å². The Bertz CT molecular complexity index is 1280. The van der Waals surface area contributed by atoms with Crippen LogP contribution in [0.15, 0.2) is 52.9 Å². The third-order valence-electron chi connectivity index (χ3n) is 5.03. The van der Waals surface area contributed by atoms with Crippen LogP contribution < -0.4 is 0 Å². The molecule has 7 nitrogen and oxygen atoms in total. The van der Waals surface area contributed by atoms with Crippen LogP contribution in [0.1, 0.15) is 24.2 Å². The summed E-state index contributed by atoms with van der Waals surface area (Å²) in [7, 11) is 4.07. The second-order valence-electron chi connectivity index (χ2n) is 7.65. The third-order valence-corrected chi connectivity index (χ3v) is 6.06.